The summed E-state index contributed by atoms with van der Waals surface area (Å²) in [5.74, 6) is 0.493. The van der Waals surface area contributed by atoms with E-state index < -0.39 is 0 Å². The van der Waals surface area contributed by atoms with Crippen molar-refractivity contribution in [1.82, 2.24) is 19.9 Å². The second-order valence-corrected chi connectivity index (χ2v) is 6.03. The first-order valence-corrected chi connectivity index (χ1v) is 8.45. The number of pyridine rings is 1. The molecule has 6 heteroatoms. The van der Waals surface area contributed by atoms with E-state index in [1.165, 1.54) is 0 Å². The second-order valence-electron chi connectivity index (χ2n) is 6.03. The van der Waals surface area contributed by atoms with E-state index in [9.17, 15) is 4.79 Å². The number of carbonyl (C=O) groups is 1. The molecule has 0 saturated heterocycles. The largest absolute Gasteiger partial charge is 0.481 e. The first-order valence-electron chi connectivity index (χ1n) is 8.45. The average Bonchev–Trinajstić information content (AvgIpc) is 3.00. The Bertz CT molecular complexity index is 883. The molecule has 1 N–H and O–H groups in total. The van der Waals surface area contributed by atoms with Gasteiger partial charge >= 0.3 is 0 Å². The molecule has 0 aliphatic rings. The van der Waals surface area contributed by atoms with Gasteiger partial charge in [-0.05, 0) is 37.6 Å². The molecular weight excluding hydrogens is 328 g/mol. The van der Waals surface area contributed by atoms with Crippen LogP contribution >= 0.6 is 0 Å². The predicted molar refractivity (Wildman–Crippen MR) is 100 cm³/mol. The summed E-state index contributed by atoms with van der Waals surface area (Å²) in [7, 11) is 1.59. The summed E-state index contributed by atoms with van der Waals surface area (Å²) in [5, 5.41) is 2.94. The maximum atomic E-state index is 12.3. The maximum absolute atomic E-state index is 12.3. The van der Waals surface area contributed by atoms with Crippen LogP contribution in [0.5, 0.6) is 5.88 Å². The van der Waals surface area contributed by atoms with E-state index in [0.717, 1.165) is 22.5 Å². The number of amides is 1. The third kappa shape index (κ3) is 3.91. The Balaban J connectivity index is 1.58. The van der Waals surface area contributed by atoms with Crippen molar-refractivity contribution in [2.75, 3.05) is 13.7 Å². The Morgan fingerprint density at radius 3 is 2.38 bits per heavy atom. The highest BCUT2D eigenvalue weighted by Crippen LogP contribution is 2.20. The summed E-state index contributed by atoms with van der Waals surface area (Å²) >= 11 is 0. The van der Waals surface area contributed by atoms with Crippen molar-refractivity contribution in [2.45, 2.75) is 20.4 Å². The zero-order valence-corrected chi connectivity index (χ0v) is 15.2. The molecule has 3 aromatic rings. The van der Waals surface area contributed by atoms with Gasteiger partial charge in [0, 0.05) is 42.2 Å². The molecule has 0 unspecified atom stereocenters. The molecule has 0 spiro atoms. The molecule has 0 aliphatic carbocycles. The van der Waals surface area contributed by atoms with E-state index in [1.807, 2.05) is 54.8 Å². The number of methoxy groups -OCH3 is 1. The minimum absolute atomic E-state index is 0.0844. The number of hydrogen-bond acceptors (Lipinski definition) is 4. The number of aryl methyl sites for hydroxylation is 1. The average molecular weight is 350 g/mol. The molecule has 0 atom stereocenters. The summed E-state index contributed by atoms with van der Waals surface area (Å²) in [6.45, 7) is 5.26. The minimum atomic E-state index is -0.0844. The van der Waals surface area contributed by atoms with Crippen molar-refractivity contribution < 1.29 is 9.53 Å². The summed E-state index contributed by atoms with van der Waals surface area (Å²) in [6, 6.07) is 11.2. The topological polar surface area (TPSA) is 69.0 Å². The van der Waals surface area contributed by atoms with Crippen LogP contribution in [0.2, 0.25) is 0 Å². The molecule has 1 amide bonds. The predicted octanol–water partition coefficient (Wildman–Crippen LogP) is 3.00. The number of rotatable bonds is 6. The van der Waals surface area contributed by atoms with Gasteiger partial charge in [0.1, 0.15) is 0 Å². The van der Waals surface area contributed by atoms with Crippen molar-refractivity contribution in [3.05, 3.63) is 65.9 Å². The van der Waals surface area contributed by atoms with E-state index in [0.29, 0.717) is 24.5 Å². The van der Waals surface area contributed by atoms with Crippen LogP contribution in [0.25, 0.3) is 11.1 Å². The second kappa shape index (κ2) is 7.82. The Morgan fingerprint density at radius 1 is 1.08 bits per heavy atom. The highest BCUT2D eigenvalue weighted by Gasteiger charge is 2.07. The van der Waals surface area contributed by atoms with Gasteiger partial charge in [-0.25, -0.2) is 9.97 Å². The third-order valence-electron chi connectivity index (χ3n) is 4.41. The van der Waals surface area contributed by atoms with Gasteiger partial charge in [-0.1, -0.05) is 12.1 Å². The first-order chi connectivity index (χ1) is 12.6. The third-order valence-corrected chi connectivity index (χ3v) is 4.41. The van der Waals surface area contributed by atoms with E-state index in [-0.39, 0.29) is 5.91 Å². The van der Waals surface area contributed by atoms with Crippen molar-refractivity contribution in [2.24, 2.45) is 0 Å². The Morgan fingerprint density at radius 2 is 1.81 bits per heavy atom. The standard InChI is InChI=1S/C20H22N4O2/c1-14-15(2)24(13-23-14)11-10-21-20(25)17-6-4-16(5-7-17)18-8-9-19(26-3)22-12-18/h4-9,12-13H,10-11H2,1-3H3,(H,21,25). The molecule has 0 saturated carbocycles. The lowest BCUT2D eigenvalue weighted by molar-refractivity contribution is 0.0952. The summed E-state index contributed by atoms with van der Waals surface area (Å²) in [5.41, 5.74) is 4.75. The van der Waals surface area contributed by atoms with Crippen molar-refractivity contribution in [3.63, 3.8) is 0 Å². The van der Waals surface area contributed by atoms with Crippen LogP contribution in [0.15, 0.2) is 48.9 Å². The molecular formula is C20H22N4O2. The fraction of sp³-hybridized carbons (Fsp3) is 0.250. The number of carbonyl (C=O) groups excluding carboxylic acids is 1. The number of ether oxygens (including phenoxy) is 1. The molecule has 134 valence electrons. The lowest BCUT2D eigenvalue weighted by Crippen LogP contribution is -2.27. The minimum Gasteiger partial charge on any atom is -0.481 e. The van der Waals surface area contributed by atoms with Crippen molar-refractivity contribution >= 4 is 5.91 Å². The first kappa shape index (κ1) is 17.7. The highest BCUT2D eigenvalue weighted by atomic mass is 16.5. The van der Waals surface area contributed by atoms with Crippen molar-refractivity contribution in [1.29, 1.82) is 0 Å². The summed E-state index contributed by atoms with van der Waals surface area (Å²) in [6.07, 6.45) is 3.55. The molecule has 0 bridgehead atoms. The van der Waals surface area contributed by atoms with Crippen LogP contribution in [0.3, 0.4) is 0 Å². The number of nitrogens with zero attached hydrogens (tertiary/aromatic N) is 3. The number of aromatic nitrogens is 3. The maximum Gasteiger partial charge on any atom is 0.251 e. The van der Waals surface area contributed by atoms with Gasteiger partial charge in [-0.15, -0.1) is 0 Å². The fourth-order valence-electron chi connectivity index (χ4n) is 2.65. The van der Waals surface area contributed by atoms with Crippen molar-refractivity contribution in [3.8, 4) is 17.0 Å². The van der Waals surface area contributed by atoms with E-state index in [4.69, 9.17) is 4.74 Å². The SMILES string of the molecule is COc1ccc(-c2ccc(C(=O)NCCn3cnc(C)c3C)cc2)cn1. The quantitative estimate of drug-likeness (QED) is 0.742. The van der Waals surface area contributed by atoms with Crippen LogP contribution in [0.4, 0.5) is 0 Å². The van der Waals surface area contributed by atoms with Gasteiger partial charge in [-0.2, -0.15) is 0 Å². The monoisotopic (exact) mass is 350 g/mol. The molecule has 0 fully saturated rings. The number of nitrogens with one attached hydrogen (secondary N) is 1. The zero-order valence-electron chi connectivity index (χ0n) is 15.2. The van der Waals surface area contributed by atoms with E-state index in [2.05, 4.69) is 15.3 Å². The van der Waals surface area contributed by atoms with Crippen LogP contribution < -0.4 is 10.1 Å². The molecule has 0 aliphatic heterocycles. The molecule has 1 aromatic carbocycles. The number of hydrogen-bond donors (Lipinski definition) is 1. The summed E-state index contributed by atoms with van der Waals surface area (Å²) in [4.78, 5) is 20.8. The molecule has 3 rings (SSSR count). The van der Waals surface area contributed by atoms with Gasteiger partial charge in [0.05, 0.1) is 19.1 Å². The molecule has 0 radical (unpaired) electrons. The molecule has 2 aromatic heterocycles. The number of imidazole rings is 1. The van der Waals surface area contributed by atoms with Crippen LogP contribution in [-0.4, -0.2) is 34.1 Å². The normalized spacial score (nSPS) is 10.6. The van der Waals surface area contributed by atoms with Gasteiger partial charge in [-0.3, -0.25) is 4.79 Å². The van der Waals surface area contributed by atoms with Gasteiger partial charge in [0.15, 0.2) is 0 Å². The fourth-order valence-corrected chi connectivity index (χ4v) is 2.65. The van der Waals surface area contributed by atoms with Crippen LogP contribution in [0, 0.1) is 13.8 Å². The molecule has 26 heavy (non-hydrogen) atoms. The van der Waals surface area contributed by atoms with Crippen LogP contribution in [-0.2, 0) is 6.54 Å². The summed E-state index contributed by atoms with van der Waals surface area (Å²) < 4.78 is 7.10. The van der Waals surface area contributed by atoms with Gasteiger partial charge in [0.25, 0.3) is 5.91 Å². The number of benzene rings is 1. The Kier molecular flexibility index (Phi) is 5.31. The molecule has 2 heterocycles. The highest BCUT2D eigenvalue weighted by molar-refractivity contribution is 5.94. The lowest BCUT2D eigenvalue weighted by Gasteiger charge is -2.08. The van der Waals surface area contributed by atoms with E-state index in [1.54, 1.807) is 19.6 Å². The smallest absolute Gasteiger partial charge is 0.251 e. The zero-order chi connectivity index (χ0) is 18.5. The molecule has 6 nitrogen and oxygen atoms in total. The Labute approximate surface area is 152 Å². The van der Waals surface area contributed by atoms with Crippen LogP contribution in [0.1, 0.15) is 21.7 Å². The Hall–Kier alpha value is -3.15. The lowest BCUT2D eigenvalue weighted by atomic mass is 10.1. The van der Waals surface area contributed by atoms with Gasteiger partial charge in [0.2, 0.25) is 5.88 Å². The van der Waals surface area contributed by atoms with Gasteiger partial charge < -0.3 is 14.6 Å². The van der Waals surface area contributed by atoms with E-state index >= 15 is 0 Å².